The first-order valence-electron chi connectivity index (χ1n) is 10.8. The molecule has 3 aromatic rings. The maximum Gasteiger partial charge on any atom is 0.255 e. The van der Waals surface area contributed by atoms with Crippen LogP contribution in [-0.2, 0) is 0 Å². The number of hydrogen-bond acceptors (Lipinski definition) is 6. The van der Waals surface area contributed by atoms with Gasteiger partial charge in [0.15, 0.2) is 0 Å². The van der Waals surface area contributed by atoms with Crippen LogP contribution < -0.4 is 16.0 Å². The molecule has 2 fully saturated rings. The van der Waals surface area contributed by atoms with Crippen LogP contribution in [0.25, 0.3) is 10.9 Å². The molecule has 1 amide bonds. The third-order valence-electron chi connectivity index (χ3n) is 5.77. The SMILES string of the molecule is O=C(NC1CCCCC1)c1cnc(Nc2ccc3cnccc3n2)cc1NC1CC1. The Morgan fingerprint density at radius 3 is 2.63 bits per heavy atom. The highest BCUT2D eigenvalue weighted by Gasteiger charge is 2.25. The summed E-state index contributed by atoms with van der Waals surface area (Å²) in [6.07, 6.45) is 13.2. The predicted molar refractivity (Wildman–Crippen MR) is 118 cm³/mol. The van der Waals surface area contributed by atoms with Crippen molar-refractivity contribution in [2.45, 2.75) is 57.0 Å². The van der Waals surface area contributed by atoms with Crippen molar-refractivity contribution in [3.8, 4) is 0 Å². The fraction of sp³-hybridized carbons (Fsp3) is 0.391. The van der Waals surface area contributed by atoms with Crippen LogP contribution in [-0.4, -0.2) is 32.9 Å². The zero-order valence-electron chi connectivity index (χ0n) is 16.9. The van der Waals surface area contributed by atoms with Crippen LogP contribution in [0, 0.1) is 0 Å². The van der Waals surface area contributed by atoms with Crippen molar-refractivity contribution in [1.82, 2.24) is 20.3 Å². The van der Waals surface area contributed by atoms with Crippen LogP contribution in [0.15, 0.2) is 42.9 Å². The second kappa shape index (κ2) is 8.26. The van der Waals surface area contributed by atoms with Crippen molar-refractivity contribution >= 4 is 34.1 Å². The number of amides is 1. The highest BCUT2D eigenvalue weighted by molar-refractivity contribution is 6.00. The molecule has 7 nitrogen and oxygen atoms in total. The third-order valence-corrected chi connectivity index (χ3v) is 5.77. The molecule has 0 spiro atoms. The molecule has 30 heavy (non-hydrogen) atoms. The van der Waals surface area contributed by atoms with E-state index in [-0.39, 0.29) is 11.9 Å². The molecular formula is C23H26N6O. The van der Waals surface area contributed by atoms with Crippen LogP contribution in [0.5, 0.6) is 0 Å². The molecule has 0 atom stereocenters. The minimum Gasteiger partial charge on any atom is -0.382 e. The van der Waals surface area contributed by atoms with Gasteiger partial charge in [-0.25, -0.2) is 9.97 Å². The van der Waals surface area contributed by atoms with Crippen LogP contribution in [0.2, 0.25) is 0 Å². The van der Waals surface area contributed by atoms with Gasteiger partial charge in [0.25, 0.3) is 5.91 Å². The molecule has 2 aliphatic rings. The Morgan fingerprint density at radius 2 is 1.80 bits per heavy atom. The lowest BCUT2D eigenvalue weighted by Gasteiger charge is -2.23. The van der Waals surface area contributed by atoms with Gasteiger partial charge in [-0.1, -0.05) is 19.3 Å². The fourth-order valence-electron chi connectivity index (χ4n) is 3.95. The summed E-state index contributed by atoms with van der Waals surface area (Å²) in [5, 5.41) is 10.9. The summed E-state index contributed by atoms with van der Waals surface area (Å²) in [6.45, 7) is 0. The first-order valence-corrected chi connectivity index (χ1v) is 10.8. The Kier molecular flexibility index (Phi) is 5.17. The van der Waals surface area contributed by atoms with E-state index in [2.05, 4.69) is 30.9 Å². The number of fused-ring (bicyclic) bond motifs is 1. The summed E-state index contributed by atoms with van der Waals surface area (Å²) >= 11 is 0. The van der Waals surface area contributed by atoms with Crippen molar-refractivity contribution in [2.75, 3.05) is 10.6 Å². The monoisotopic (exact) mass is 402 g/mol. The molecule has 0 aliphatic heterocycles. The van der Waals surface area contributed by atoms with Gasteiger partial charge in [-0.2, -0.15) is 0 Å². The number of nitrogens with zero attached hydrogens (tertiary/aromatic N) is 3. The Labute approximate surface area is 175 Å². The Balaban J connectivity index is 1.37. The zero-order valence-corrected chi connectivity index (χ0v) is 16.9. The average Bonchev–Trinajstić information content (AvgIpc) is 3.58. The molecule has 0 unspecified atom stereocenters. The summed E-state index contributed by atoms with van der Waals surface area (Å²) < 4.78 is 0. The summed E-state index contributed by atoms with van der Waals surface area (Å²) in [6, 6.07) is 8.39. The minimum atomic E-state index is -0.0413. The summed E-state index contributed by atoms with van der Waals surface area (Å²) in [4.78, 5) is 26.2. The van der Waals surface area contributed by atoms with Gasteiger partial charge in [-0.15, -0.1) is 0 Å². The van der Waals surface area contributed by atoms with Crippen LogP contribution in [0.4, 0.5) is 17.3 Å². The van der Waals surface area contributed by atoms with Gasteiger partial charge in [0.1, 0.15) is 11.6 Å². The van der Waals surface area contributed by atoms with Crippen molar-refractivity contribution in [2.24, 2.45) is 0 Å². The Bertz CT molecular complexity index is 1060. The quantitative estimate of drug-likeness (QED) is 0.566. The van der Waals surface area contributed by atoms with E-state index in [1.807, 2.05) is 24.3 Å². The topological polar surface area (TPSA) is 91.8 Å². The normalized spacial score (nSPS) is 16.9. The lowest BCUT2D eigenvalue weighted by Crippen LogP contribution is -2.36. The second-order valence-electron chi connectivity index (χ2n) is 8.23. The van der Waals surface area contributed by atoms with E-state index in [0.29, 0.717) is 23.2 Å². The van der Waals surface area contributed by atoms with Crippen molar-refractivity contribution in [3.63, 3.8) is 0 Å². The van der Waals surface area contributed by atoms with E-state index in [0.717, 1.165) is 42.3 Å². The number of rotatable bonds is 6. The van der Waals surface area contributed by atoms with Gasteiger partial charge in [0, 0.05) is 42.1 Å². The first-order chi connectivity index (χ1) is 14.7. The van der Waals surface area contributed by atoms with Gasteiger partial charge in [-0.3, -0.25) is 9.78 Å². The van der Waals surface area contributed by atoms with E-state index in [1.165, 1.54) is 19.3 Å². The number of carbonyl (C=O) groups excluding carboxylic acids is 1. The van der Waals surface area contributed by atoms with E-state index >= 15 is 0 Å². The standard InChI is InChI=1S/C23H26N6O/c30-23(27-16-4-2-1-3-5-16)18-14-25-22(12-20(18)26-17-7-8-17)29-21-9-6-15-13-24-11-10-19(15)28-21/h6,9-14,16-17H,1-5,7-8H2,(H,27,30)(H2,25,26,28,29). The molecule has 2 saturated carbocycles. The molecule has 3 N–H and O–H groups in total. The van der Waals surface area contributed by atoms with Crippen LogP contribution >= 0.6 is 0 Å². The average molecular weight is 403 g/mol. The lowest BCUT2D eigenvalue weighted by atomic mass is 9.95. The highest BCUT2D eigenvalue weighted by atomic mass is 16.1. The van der Waals surface area contributed by atoms with Crippen LogP contribution in [0.3, 0.4) is 0 Å². The Hall–Kier alpha value is -3.22. The molecule has 5 rings (SSSR count). The van der Waals surface area contributed by atoms with E-state index < -0.39 is 0 Å². The van der Waals surface area contributed by atoms with Gasteiger partial charge in [0.2, 0.25) is 0 Å². The maximum atomic E-state index is 12.9. The number of aromatic nitrogens is 3. The molecule has 3 aromatic heterocycles. The molecule has 2 aliphatic carbocycles. The molecule has 0 radical (unpaired) electrons. The summed E-state index contributed by atoms with van der Waals surface area (Å²) in [5.41, 5.74) is 2.30. The molecule has 7 heteroatoms. The largest absolute Gasteiger partial charge is 0.382 e. The van der Waals surface area contributed by atoms with Gasteiger partial charge < -0.3 is 16.0 Å². The smallest absolute Gasteiger partial charge is 0.255 e. The molecule has 0 saturated heterocycles. The summed E-state index contributed by atoms with van der Waals surface area (Å²) in [7, 11) is 0. The van der Waals surface area contributed by atoms with Crippen molar-refractivity contribution in [1.29, 1.82) is 0 Å². The Morgan fingerprint density at radius 1 is 0.933 bits per heavy atom. The molecule has 0 bridgehead atoms. The van der Waals surface area contributed by atoms with Crippen LogP contribution in [0.1, 0.15) is 55.3 Å². The van der Waals surface area contributed by atoms with Crippen molar-refractivity contribution in [3.05, 3.63) is 48.4 Å². The molecule has 0 aromatic carbocycles. The van der Waals surface area contributed by atoms with Gasteiger partial charge in [-0.05, 0) is 43.9 Å². The van der Waals surface area contributed by atoms with Crippen molar-refractivity contribution < 1.29 is 4.79 Å². The number of hydrogen-bond donors (Lipinski definition) is 3. The summed E-state index contributed by atoms with van der Waals surface area (Å²) in [5.74, 6) is 1.33. The number of anilines is 3. The molecule has 154 valence electrons. The zero-order chi connectivity index (χ0) is 20.3. The fourth-order valence-corrected chi connectivity index (χ4v) is 3.95. The minimum absolute atomic E-state index is 0.0413. The number of carbonyl (C=O) groups is 1. The molecular weight excluding hydrogens is 376 g/mol. The maximum absolute atomic E-state index is 12.9. The number of nitrogens with one attached hydrogen (secondary N) is 3. The van der Waals surface area contributed by atoms with E-state index in [4.69, 9.17) is 0 Å². The predicted octanol–water partition coefficient (Wildman–Crippen LogP) is 4.41. The second-order valence-corrected chi connectivity index (χ2v) is 8.23. The highest BCUT2D eigenvalue weighted by Crippen LogP contribution is 2.29. The number of pyridine rings is 3. The lowest BCUT2D eigenvalue weighted by molar-refractivity contribution is 0.0928. The third kappa shape index (κ3) is 4.35. The molecule has 3 heterocycles. The first kappa shape index (κ1) is 18.8. The van der Waals surface area contributed by atoms with E-state index in [1.54, 1.807) is 18.6 Å². The van der Waals surface area contributed by atoms with E-state index in [9.17, 15) is 4.79 Å². The van der Waals surface area contributed by atoms with Gasteiger partial charge >= 0.3 is 0 Å². The van der Waals surface area contributed by atoms with Gasteiger partial charge in [0.05, 0.1) is 16.8 Å².